The molecule has 0 amide bonds. The lowest BCUT2D eigenvalue weighted by molar-refractivity contribution is 1.15. The van der Waals surface area contributed by atoms with E-state index < -0.39 is 0 Å². The molecule has 4 nitrogen and oxygen atoms in total. The predicted octanol–water partition coefficient (Wildman–Crippen LogP) is 2.41. The van der Waals surface area contributed by atoms with Gasteiger partial charge in [0.15, 0.2) is 0 Å². The number of rotatable bonds is 2. The molecule has 0 atom stereocenters. The number of anilines is 3. The van der Waals surface area contributed by atoms with E-state index in [4.69, 9.17) is 5.73 Å². The van der Waals surface area contributed by atoms with Crippen LogP contribution in [0, 0.1) is 3.57 Å². The smallest absolute Gasteiger partial charge is 0.147 e. The molecule has 2 rings (SSSR count). The Morgan fingerprint density at radius 3 is 2.60 bits per heavy atom. The lowest BCUT2D eigenvalue weighted by Crippen LogP contribution is -1.96. The second-order valence-corrected chi connectivity index (χ2v) is 4.13. The van der Waals surface area contributed by atoms with Crippen molar-refractivity contribution >= 4 is 39.8 Å². The molecule has 0 saturated heterocycles. The van der Waals surface area contributed by atoms with Crippen LogP contribution in [0.2, 0.25) is 0 Å². The Labute approximate surface area is 101 Å². The molecule has 1 aromatic carbocycles. The van der Waals surface area contributed by atoms with Crippen LogP contribution in [0.5, 0.6) is 0 Å². The highest BCUT2D eigenvalue weighted by Gasteiger charge is 2.00. The van der Waals surface area contributed by atoms with Crippen LogP contribution < -0.4 is 11.1 Å². The van der Waals surface area contributed by atoms with E-state index in [9.17, 15) is 0 Å². The first kappa shape index (κ1) is 10.2. The van der Waals surface area contributed by atoms with Crippen LogP contribution in [0.3, 0.4) is 0 Å². The van der Waals surface area contributed by atoms with E-state index in [0.29, 0.717) is 0 Å². The van der Waals surface area contributed by atoms with Crippen molar-refractivity contribution in [3.63, 3.8) is 0 Å². The van der Waals surface area contributed by atoms with Gasteiger partial charge in [-0.2, -0.15) is 0 Å². The third-order valence-corrected chi connectivity index (χ3v) is 2.63. The van der Waals surface area contributed by atoms with Gasteiger partial charge in [0.2, 0.25) is 0 Å². The van der Waals surface area contributed by atoms with Gasteiger partial charge in [0.05, 0.1) is 3.57 Å². The van der Waals surface area contributed by atoms with Crippen LogP contribution in [-0.2, 0) is 0 Å². The summed E-state index contributed by atoms with van der Waals surface area (Å²) in [4.78, 5) is 8.06. The fourth-order valence-corrected chi connectivity index (χ4v) is 1.54. The number of aromatic nitrogens is 2. The summed E-state index contributed by atoms with van der Waals surface area (Å²) in [6.45, 7) is 0. The Morgan fingerprint density at radius 1 is 1.20 bits per heavy atom. The van der Waals surface area contributed by atoms with Gasteiger partial charge in [-0.15, -0.1) is 0 Å². The first-order valence-electron chi connectivity index (χ1n) is 4.34. The average molecular weight is 312 g/mol. The fourth-order valence-electron chi connectivity index (χ4n) is 1.11. The molecule has 1 heterocycles. The third-order valence-electron chi connectivity index (χ3n) is 1.84. The van der Waals surface area contributed by atoms with Crippen LogP contribution in [0.1, 0.15) is 0 Å². The molecule has 0 spiro atoms. The summed E-state index contributed by atoms with van der Waals surface area (Å²) in [5, 5.41) is 3.19. The zero-order chi connectivity index (χ0) is 10.7. The first-order valence-corrected chi connectivity index (χ1v) is 5.41. The van der Waals surface area contributed by atoms with Gasteiger partial charge in [0.25, 0.3) is 0 Å². The van der Waals surface area contributed by atoms with Gasteiger partial charge in [-0.3, -0.25) is 0 Å². The second kappa shape index (κ2) is 4.43. The van der Waals surface area contributed by atoms with Crippen molar-refractivity contribution < 1.29 is 0 Å². The average Bonchev–Trinajstić information content (AvgIpc) is 2.25. The molecule has 5 heteroatoms. The number of hydrogen-bond acceptors (Lipinski definition) is 4. The third kappa shape index (κ3) is 2.56. The number of nitrogen functional groups attached to an aromatic ring is 1. The number of nitrogens with zero attached hydrogens (tertiary/aromatic N) is 2. The van der Waals surface area contributed by atoms with E-state index in [2.05, 4.69) is 37.9 Å². The molecule has 0 bridgehead atoms. The topological polar surface area (TPSA) is 63.8 Å². The number of nitrogens with two attached hydrogens (primary N) is 1. The Morgan fingerprint density at radius 2 is 1.93 bits per heavy atom. The van der Waals surface area contributed by atoms with Crippen LogP contribution >= 0.6 is 22.6 Å². The molecule has 0 aliphatic heterocycles. The van der Waals surface area contributed by atoms with Gasteiger partial charge >= 0.3 is 0 Å². The summed E-state index contributed by atoms with van der Waals surface area (Å²) in [5.41, 5.74) is 7.30. The van der Waals surface area contributed by atoms with Gasteiger partial charge in [0.1, 0.15) is 12.1 Å². The second-order valence-electron chi connectivity index (χ2n) is 2.97. The van der Waals surface area contributed by atoms with E-state index in [1.807, 2.05) is 24.3 Å². The molecule has 15 heavy (non-hydrogen) atoms. The molecule has 0 aliphatic carbocycles. The summed E-state index contributed by atoms with van der Waals surface area (Å²) in [6, 6.07) is 7.51. The number of nitrogens with one attached hydrogen (secondary N) is 1. The highest BCUT2D eigenvalue weighted by atomic mass is 127. The van der Waals surface area contributed by atoms with Gasteiger partial charge in [-0.25, -0.2) is 9.97 Å². The highest BCUT2D eigenvalue weighted by molar-refractivity contribution is 14.1. The minimum Gasteiger partial charge on any atom is -0.399 e. The summed E-state index contributed by atoms with van der Waals surface area (Å²) >= 11 is 2.18. The van der Waals surface area contributed by atoms with Crippen LogP contribution in [0.25, 0.3) is 0 Å². The normalized spacial score (nSPS) is 9.93. The molecule has 0 saturated carbocycles. The largest absolute Gasteiger partial charge is 0.399 e. The molecule has 0 radical (unpaired) electrons. The Bertz CT molecular complexity index is 455. The molecule has 0 aliphatic rings. The summed E-state index contributed by atoms with van der Waals surface area (Å²) in [5.74, 6) is 0.801. The summed E-state index contributed by atoms with van der Waals surface area (Å²) < 4.78 is 0.979. The Balaban J connectivity index is 2.22. The van der Waals surface area contributed by atoms with E-state index in [-0.39, 0.29) is 0 Å². The zero-order valence-corrected chi connectivity index (χ0v) is 9.97. The number of hydrogen-bond donors (Lipinski definition) is 2. The molecule has 1 aromatic heterocycles. The maximum Gasteiger partial charge on any atom is 0.147 e. The van der Waals surface area contributed by atoms with Crippen molar-refractivity contribution in [1.82, 2.24) is 9.97 Å². The van der Waals surface area contributed by atoms with Gasteiger partial charge in [-0.1, -0.05) is 0 Å². The summed E-state index contributed by atoms with van der Waals surface area (Å²) in [6.07, 6.45) is 3.27. The standard InChI is InChI=1S/C10H9IN4/c11-9-5-13-6-14-10(9)15-8-3-1-7(12)2-4-8/h1-6H,12H2,(H,13,14,15). The van der Waals surface area contributed by atoms with E-state index in [1.165, 1.54) is 6.33 Å². The van der Waals surface area contributed by atoms with E-state index in [1.54, 1.807) is 6.20 Å². The van der Waals surface area contributed by atoms with Crippen molar-refractivity contribution in [2.45, 2.75) is 0 Å². The van der Waals surface area contributed by atoms with Crippen LogP contribution in [-0.4, -0.2) is 9.97 Å². The number of benzene rings is 1. The van der Waals surface area contributed by atoms with Gasteiger partial charge in [0, 0.05) is 17.6 Å². The Hall–Kier alpha value is -1.37. The summed E-state index contributed by atoms with van der Waals surface area (Å²) in [7, 11) is 0. The first-order chi connectivity index (χ1) is 7.25. The van der Waals surface area contributed by atoms with Crippen molar-refractivity contribution in [3.05, 3.63) is 40.4 Å². The van der Waals surface area contributed by atoms with Gasteiger partial charge < -0.3 is 11.1 Å². The minimum absolute atomic E-state index is 0.748. The quantitative estimate of drug-likeness (QED) is 0.660. The molecule has 0 fully saturated rings. The lowest BCUT2D eigenvalue weighted by atomic mass is 10.3. The van der Waals surface area contributed by atoms with E-state index >= 15 is 0 Å². The monoisotopic (exact) mass is 312 g/mol. The fraction of sp³-hybridized carbons (Fsp3) is 0. The minimum atomic E-state index is 0.748. The lowest BCUT2D eigenvalue weighted by Gasteiger charge is -2.06. The molecular formula is C10H9IN4. The van der Waals surface area contributed by atoms with Crippen molar-refractivity contribution in [3.8, 4) is 0 Å². The SMILES string of the molecule is Nc1ccc(Nc2ncncc2I)cc1. The molecular weight excluding hydrogens is 303 g/mol. The van der Waals surface area contributed by atoms with Crippen molar-refractivity contribution in [2.75, 3.05) is 11.1 Å². The van der Waals surface area contributed by atoms with Crippen LogP contribution in [0.4, 0.5) is 17.2 Å². The van der Waals surface area contributed by atoms with E-state index in [0.717, 1.165) is 20.8 Å². The molecule has 0 unspecified atom stereocenters. The van der Waals surface area contributed by atoms with Gasteiger partial charge in [-0.05, 0) is 46.9 Å². The maximum atomic E-state index is 5.60. The zero-order valence-electron chi connectivity index (χ0n) is 7.81. The molecule has 3 N–H and O–H groups in total. The predicted molar refractivity (Wildman–Crippen MR) is 68.9 cm³/mol. The van der Waals surface area contributed by atoms with Crippen molar-refractivity contribution in [2.24, 2.45) is 0 Å². The Kier molecular flexibility index (Phi) is 3.00. The highest BCUT2D eigenvalue weighted by Crippen LogP contribution is 2.19. The molecule has 2 aromatic rings. The maximum absolute atomic E-state index is 5.60. The van der Waals surface area contributed by atoms with Crippen molar-refractivity contribution in [1.29, 1.82) is 0 Å². The molecule has 76 valence electrons. The number of halogens is 1. The van der Waals surface area contributed by atoms with Crippen LogP contribution in [0.15, 0.2) is 36.8 Å².